The zero-order chi connectivity index (χ0) is 23.0. The van der Waals surface area contributed by atoms with Gasteiger partial charge in [-0.3, -0.25) is 9.59 Å². The SMILES string of the molecule is COc1ccc(NC(=O)c2sc3nc(C(F)(F)F)ccc3c2C)cc1N1CCCCC1=O. The molecule has 1 aliphatic rings. The maximum atomic E-state index is 13.0. The molecular formula is C22H20F3N3O3S. The average Bonchev–Trinajstić information content (AvgIpc) is 3.09. The van der Waals surface area contributed by atoms with Crippen molar-refractivity contribution in [3.63, 3.8) is 0 Å². The number of hydrogen-bond acceptors (Lipinski definition) is 5. The molecule has 0 bridgehead atoms. The number of nitrogens with one attached hydrogen (secondary N) is 1. The number of carbonyl (C=O) groups excluding carboxylic acids is 2. The van der Waals surface area contributed by atoms with Gasteiger partial charge in [0.05, 0.1) is 17.7 Å². The van der Waals surface area contributed by atoms with Gasteiger partial charge in [0.25, 0.3) is 5.91 Å². The second-order valence-corrected chi connectivity index (χ2v) is 8.45. The summed E-state index contributed by atoms with van der Waals surface area (Å²) in [5.74, 6) is 0.0465. The number of aromatic nitrogens is 1. The third kappa shape index (κ3) is 4.14. The molecule has 6 nitrogen and oxygen atoms in total. The minimum absolute atomic E-state index is 0.00933. The molecule has 1 aliphatic heterocycles. The molecule has 1 saturated heterocycles. The lowest BCUT2D eigenvalue weighted by Crippen LogP contribution is -2.35. The van der Waals surface area contributed by atoms with Crippen LogP contribution < -0.4 is 15.0 Å². The Morgan fingerprint density at radius 2 is 2.00 bits per heavy atom. The third-order valence-electron chi connectivity index (χ3n) is 5.35. The number of pyridine rings is 1. The van der Waals surface area contributed by atoms with E-state index in [2.05, 4.69) is 10.3 Å². The number of benzene rings is 1. The summed E-state index contributed by atoms with van der Waals surface area (Å²) >= 11 is 0.909. The number of amides is 2. The Hall–Kier alpha value is -3.14. The highest BCUT2D eigenvalue weighted by Crippen LogP contribution is 2.36. The van der Waals surface area contributed by atoms with Crippen LogP contribution in [0, 0.1) is 6.92 Å². The van der Waals surface area contributed by atoms with Crippen molar-refractivity contribution in [3.05, 3.63) is 46.5 Å². The number of piperidine rings is 1. The van der Waals surface area contributed by atoms with Crippen molar-refractivity contribution in [2.24, 2.45) is 0 Å². The maximum Gasteiger partial charge on any atom is 0.433 e. The van der Waals surface area contributed by atoms with Crippen LogP contribution in [0.3, 0.4) is 0 Å². The number of aryl methyl sites for hydroxylation is 1. The highest BCUT2D eigenvalue weighted by molar-refractivity contribution is 7.20. The number of methoxy groups -OCH3 is 1. The van der Waals surface area contributed by atoms with Crippen LogP contribution in [0.2, 0.25) is 0 Å². The number of fused-ring (bicyclic) bond motifs is 1. The molecule has 2 aromatic heterocycles. The molecular weight excluding hydrogens is 443 g/mol. The van der Waals surface area contributed by atoms with E-state index in [1.807, 2.05) is 0 Å². The molecule has 0 atom stereocenters. The maximum absolute atomic E-state index is 13.0. The molecule has 10 heteroatoms. The summed E-state index contributed by atoms with van der Waals surface area (Å²) in [5.41, 5.74) is 0.581. The van der Waals surface area contributed by atoms with E-state index in [4.69, 9.17) is 4.74 Å². The van der Waals surface area contributed by atoms with Crippen molar-refractivity contribution in [2.75, 3.05) is 23.9 Å². The lowest BCUT2D eigenvalue weighted by atomic mass is 10.1. The minimum Gasteiger partial charge on any atom is -0.495 e. The van der Waals surface area contributed by atoms with Gasteiger partial charge in [0.1, 0.15) is 16.3 Å². The van der Waals surface area contributed by atoms with E-state index < -0.39 is 17.8 Å². The van der Waals surface area contributed by atoms with Crippen LogP contribution in [0.5, 0.6) is 5.75 Å². The fourth-order valence-corrected chi connectivity index (χ4v) is 4.78. The van der Waals surface area contributed by atoms with Gasteiger partial charge in [-0.25, -0.2) is 4.98 Å². The quantitative estimate of drug-likeness (QED) is 0.562. The Kier molecular flexibility index (Phi) is 5.81. The van der Waals surface area contributed by atoms with Crippen molar-refractivity contribution in [3.8, 4) is 5.75 Å². The Morgan fingerprint density at radius 3 is 2.69 bits per heavy atom. The van der Waals surface area contributed by atoms with Gasteiger partial charge in [-0.05, 0) is 55.7 Å². The van der Waals surface area contributed by atoms with E-state index in [0.29, 0.717) is 41.0 Å². The smallest absolute Gasteiger partial charge is 0.433 e. The first-order chi connectivity index (χ1) is 15.2. The van der Waals surface area contributed by atoms with Crippen LogP contribution in [0.1, 0.15) is 40.2 Å². The van der Waals surface area contributed by atoms with Crippen molar-refractivity contribution < 1.29 is 27.5 Å². The van der Waals surface area contributed by atoms with Gasteiger partial charge in [0.15, 0.2) is 0 Å². The predicted molar refractivity (Wildman–Crippen MR) is 117 cm³/mol. The topological polar surface area (TPSA) is 71.5 Å². The Bertz CT molecular complexity index is 1210. The summed E-state index contributed by atoms with van der Waals surface area (Å²) in [6, 6.07) is 7.23. The first kappa shape index (κ1) is 22.1. The number of anilines is 2. The van der Waals surface area contributed by atoms with E-state index in [9.17, 15) is 22.8 Å². The zero-order valence-electron chi connectivity index (χ0n) is 17.4. The largest absolute Gasteiger partial charge is 0.495 e. The van der Waals surface area contributed by atoms with Crippen LogP contribution in [0.25, 0.3) is 10.2 Å². The van der Waals surface area contributed by atoms with Gasteiger partial charge >= 0.3 is 6.18 Å². The molecule has 0 saturated carbocycles. The van der Waals surface area contributed by atoms with Crippen molar-refractivity contribution in [1.29, 1.82) is 0 Å². The van der Waals surface area contributed by atoms with E-state index in [-0.39, 0.29) is 15.6 Å². The van der Waals surface area contributed by atoms with Gasteiger partial charge in [0.2, 0.25) is 5.91 Å². The van der Waals surface area contributed by atoms with Gasteiger partial charge in [-0.1, -0.05) is 0 Å². The molecule has 3 heterocycles. The van der Waals surface area contributed by atoms with Crippen LogP contribution in [-0.2, 0) is 11.0 Å². The lowest BCUT2D eigenvalue weighted by molar-refractivity contribution is -0.140. The summed E-state index contributed by atoms with van der Waals surface area (Å²) < 4.78 is 44.3. The Balaban J connectivity index is 1.64. The number of thiophene rings is 1. The molecule has 3 aromatic rings. The molecule has 0 radical (unpaired) electrons. The molecule has 32 heavy (non-hydrogen) atoms. The Labute approximate surface area is 186 Å². The molecule has 4 rings (SSSR count). The fraction of sp³-hybridized carbons (Fsp3) is 0.318. The van der Waals surface area contributed by atoms with Crippen LogP contribution in [0.15, 0.2) is 30.3 Å². The van der Waals surface area contributed by atoms with Gasteiger partial charge < -0.3 is 15.0 Å². The molecule has 2 amide bonds. The highest BCUT2D eigenvalue weighted by atomic mass is 32.1. The van der Waals surface area contributed by atoms with E-state index >= 15 is 0 Å². The summed E-state index contributed by atoms with van der Waals surface area (Å²) in [4.78, 5) is 31.0. The summed E-state index contributed by atoms with van der Waals surface area (Å²) in [6.45, 7) is 2.24. The number of halogens is 3. The zero-order valence-corrected chi connectivity index (χ0v) is 18.2. The number of hydrogen-bond donors (Lipinski definition) is 1. The van der Waals surface area contributed by atoms with E-state index in [0.717, 1.165) is 30.2 Å². The standard InChI is InChI=1S/C22H20F3N3O3S/c1-12-14-7-9-17(22(23,24)25)27-21(14)32-19(12)20(30)26-13-6-8-16(31-2)15(11-13)28-10-4-3-5-18(28)29/h6-9,11H,3-5,10H2,1-2H3,(H,26,30). The summed E-state index contributed by atoms with van der Waals surface area (Å²) in [5, 5.41) is 3.28. The second kappa shape index (κ2) is 8.42. The molecule has 0 spiro atoms. The predicted octanol–water partition coefficient (Wildman–Crippen LogP) is 5.40. The lowest BCUT2D eigenvalue weighted by Gasteiger charge is -2.28. The molecule has 1 N–H and O–H groups in total. The second-order valence-electron chi connectivity index (χ2n) is 7.45. The van der Waals surface area contributed by atoms with E-state index in [1.165, 1.54) is 13.2 Å². The van der Waals surface area contributed by atoms with Gasteiger partial charge in [0, 0.05) is 24.0 Å². The monoisotopic (exact) mass is 463 g/mol. The highest BCUT2D eigenvalue weighted by Gasteiger charge is 2.33. The van der Waals surface area contributed by atoms with Gasteiger partial charge in [-0.15, -0.1) is 11.3 Å². The van der Waals surface area contributed by atoms with Crippen molar-refractivity contribution in [1.82, 2.24) is 4.98 Å². The average molecular weight is 463 g/mol. The number of carbonyl (C=O) groups is 2. The molecule has 1 aromatic carbocycles. The van der Waals surface area contributed by atoms with E-state index in [1.54, 1.807) is 30.0 Å². The van der Waals surface area contributed by atoms with Crippen molar-refractivity contribution in [2.45, 2.75) is 32.4 Å². The minimum atomic E-state index is -4.56. The first-order valence-corrected chi connectivity index (χ1v) is 10.8. The van der Waals surface area contributed by atoms with Gasteiger partial charge in [-0.2, -0.15) is 13.2 Å². The molecule has 0 unspecified atom stereocenters. The van der Waals surface area contributed by atoms with Crippen LogP contribution in [-0.4, -0.2) is 30.5 Å². The van der Waals surface area contributed by atoms with Crippen LogP contribution in [0.4, 0.5) is 24.5 Å². The number of rotatable bonds is 4. The summed E-state index contributed by atoms with van der Waals surface area (Å²) in [7, 11) is 1.51. The van der Waals surface area contributed by atoms with Crippen molar-refractivity contribution >= 4 is 44.7 Å². The molecule has 1 fully saturated rings. The Morgan fingerprint density at radius 1 is 1.22 bits per heavy atom. The number of nitrogens with zero attached hydrogens (tertiary/aromatic N) is 2. The first-order valence-electron chi connectivity index (χ1n) is 9.96. The van der Waals surface area contributed by atoms with Crippen LogP contribution >= 0.6 is 11.3 Å². The fourth-order valence-electron chi connectivity index (χ4n) is 3.70. The number of ether oxygens (including phenoxy) is 1. The summed E-state index contributed by atoms with van der Waals surface area (Å²) in [6.07, 6.45) is -2.39. The third-order valence-corrected chi connectivity index (χ3v) is 6.55. The normalized spacial score (nSPS) is 14.7. The molecule has 168 valence electrons. The number of alkyl halides is 3. The molecule has 0 aliphatic carbocycles.